The van der Waals surface area contributed by atoms with E-state index in [1.165, 1.54) is 6.07 Å². The molecule has 0 aromatic heterocycles. The van der Waals surface area contributed by atoms with Crippen molar-refractivity contribution in [1.29, 1.82) is 5.26 Å². The first-order valence-corrected chi connectivity index (χ1v) is 6.37. The zero-order valence-electron chi connectivity index (χ0n) is 9.52. The van der Waals surface area contributed by atoms with E-state index in [-0.39, 0.29) is 0 Å². The summed E-state index contributed by atoms with van der Waals surface area (Å²) in [6, 6.07) is 2.19. The summed E-state index contributed by atoms with van der Waals surface area (Å²) in [7, 11) is -4.21. The number of rotatable bonds is 4. The fraction of sp³-hybridized carbons (Fsp3) is 0.200. The van der Waals surface area contributed by atoms with E-state index in [0.29, 0.717) is 12.1 Å². The van der Waals surface area contributed by atoms with Crippen molar-refractivity contribution in [1.82, 2.24) is 0 Å². The molecule has 1 unspecified atom stereocenters. The fourth-order valence-electron chi connectivity index (χ4n) is 1.12. The molecule has 19 heavy (non-hydrogen) atoms. The molecule has 1 rings (SSSR count). The zero-order valence-corrected chi connectivity index (χ0v) is 10.3. The lowest BCUT2D eigenvalue weighted by molar-refractivity contribution is 0.0697. The summed E-state index contributed by atoms with van der Waals surface area (Å²) in [4.78, 5) is 10.8. The van der Waals surface area contributed by atoms with Gasteiger partial charge in [0.05, 0.1) is 17.3 Å². The molecule has 0 radical (unpaired) electrons. The number of benzene rings is 1. The van der Waals surface area contributed by atoms with Gasteiger partial charge >= 0.3 is 5.97 Å². The molecule has 0 amide bonds. The van der Waals surface area contributed by atoms with E-state index in [4.69, 9.17) is 10.4 Å². The third kappa shape index (κ3) is 3.17. The van der Waals surface area contributed by atoms with Crippen molar-refractivity contribution < 1.29 is 27.1 Å². The minimum absolute atomic E-state index is 0.354. The molecule has 0 saturated heterocycles. The Balaban J connectivity index is 3.33. The first-order valence-electron chi connectivity index (χ1n) is 4.82. The number of nitrogens with zero attached hydrogens (tertiary/aromatic N) is 1. The number of aromatic carboxylic acids is 1. The van der Waals surface area contributed by atoms with Crippen molar-refractivity contribution in [3.8, 4) is 6.07 Å². The summed E-state index contributed by atoms with van der Waals surface area (Å²) in [6.07, 6.45) is 0. The van der Waals surface area contributed by atoms with E-state index >= 15 is 0 Å². The molecule has 1 atom stereocenters. The van der Waals surface area contributed by atoms with Gasteiger partial charge in [0.2, 0.25) is 10.0 Å². The summed E-state index contributed by atoms with van der Waals surface area (Å²) in [5.74, 6) is -4.47. The minimum atomic E-state index is -4.21. The van der Waals surface area contributed by atoms with Crippen LogP contribution >= 0.6 is 0 Å². The number of nitriles is 1. The molecule has 102 valence electrons. The second-order valence-electron chi connectivity index (χ2n) is 3.54. The van der Waals surface area contributed by atoms with Gasteiger partial charge in [-0.15, -0.1) is 0 Å². The van der Waals surface area contributed by atoms with Crippen LogP contribution in [0, 0.1) is 23.0 Å². The maximum absolute atomic E-state index is 13.0. The van der Waals surface area contributed by atoms with E-state index in [9.17, 15) is 22.0 Å². The van der Waals surface area contributed by atoms with Gasteiger partial charge in [-0.3, -0.25) is 4.72 Å². The lowest BCUT2D eigenvalue weighted by Gasteiger charge is -2.12. The largest absolute Gasteiger partial charge is 0.478 e. The van der Waals surface area contributed by atoms with Crippen molar-refractivity contribution in [2.24, 2.45) is 0 Å². The Morgan fingerprint density at radius 3 is 2.42 bits per heavy atom. The molecule has 2 N–H and O–H groups in total. The van der Waals surface area contributed by atoms with Crippen LogP contribution in [0.4, 0.5) is 14.5 Å². The molecular formula is C10H8F2N2O4S. The molecule has 9 heteroatoms. The van der Waals surface area contributed by atoms with Crippen LogP contribution in [0.1, 0.15) is 17.3 Å². The Hall–Kier alpha value is -2.21. The van der Waals surface area contributed by atoms with Gasteiger partial charge < -0.3 is 5.11 Å². The number of halogens is 2. The third-order valence-corrected chi connectivity index (χ3v) is 3.73. The number of carboxylic acid groups (broad SMARTS) is 1. The average Bonchev–Trinajstić information content (AvgIpc) is 2.31. The maximum Gasteiger partial charge on any atom is 0.337 e. The summed E-state index contributed by atoms with van der Waals surface area (Å²) in [6.45, 7) is 1.06. The molecule has 0 aliphatic carbocycles. The lowest BCUT2D eigenvalue weighted by atomic mass is 10.2. The lowest BCUT2D eigenvalue weighted by Crippen LogP contribution is -2.25. The predicted octanol–water partition coefficient (Wildman–Crippen LogP) is 1.32. The first-order chi connectivity index (χ1) is 8.69. The van der Waals surface area contributed by atoms with Crippen molar-refractivity contribution in [3.05, 3.63) is 29.3 Å². The third-order valence-electron chi connectivity index (χ3n) is 2.19. The highest BCUT2D eigenvalue weighted by atomic mass is 32.2. The van der Waals surface area contributed by atoms with Crippen LogP contribution in [0.15, 0.2) is 12.1 Å². The normalized spacial score (nSPS) is 12.5. The van der Waals surface area contributed by atoms with E-state index < -0.39 is 44.1 Å². The number of sulfonamides is 1. The zero-order chi connectivity index (χ0) is 14.8. The number of hydrogen-bond donors (Lipinski definition) is 2. The molecule has 0 heterocycles. The molecule has 0 fully saturated rings. The molecule has 0 aliphatic heterocycles. The van der Waals surface area contributed by atoms with E-state index in [0.717, 1.165) is 6.92 Å². The summed E-state index contributed by atoms with van der Waals surface area (Å²) < 4.78 is 50.8. The average molecular weight is 290 g/mol. The summed E-state index contributed by atoms with van der Waals surface area (Å²) in [5.41, 5.74) is -1.40. The van der Waals surface area contributed by atoms with Gasteiger partial charge in [-0.2, -0.15) is 5.26 Å². The van der Waals surface area contributed by atoms with Gasteiger partial charge in [0.1, 0.15) is 0 Å². The van der Waals surface area contributed by atoms with Crippen LogP contribution in [0.25, 0.3) is 0 Å². The predicted molar refractivity (Wildman–Crippen MR) is 60.9 cm³/mol. The van der Waals surface area contributed by atoms with Gasteiger partial charge in [0.15, 0.2) is 16.9 Å². The smallest absolute Gasteiger partial charge is 0.337 e. The second kappa shape index (κ2) is 5.19. The van der Waals surface area contributed by atoms with Gasteiger partial charge in [0, 0.05) is 6.07 Å². The van der Waals surface area contributed by atoms with Crippen molar-refractivity contribution in [2.75, 3.05) is 4.72 Å². The van der Waals surface area contributed by atoms with E-state index in [1.54, 1.807) is 4.72 Å². The Labute approximate surface area is 107 Å². The van der Waals surface area contributed by atoms with Crippen LogP contribution in [-0.4, -0.2) is 24.7 Å². The second-order valence-corrected chi connectivity index (χ2v) is 5.54. The van der Waals surface area contributed by atoms with Crippen LogP contribution in [0.3, 0.4) is 0 Å². The maximum atomic E-state index is 13.0. The topological polar surface area (TPSA) is 107 Å². The Morgan fingerprint density at radius 2 is 1.95 bits per heavy atom. The quantitative estimate of drug-likeness (QED) is 0.869. The van der Waals surface area contributed by atoms with Crippen LogP contribution in [-0.2, 0) is 10.0 Å². The highest BCUT2D eigenvalue weighted by molar-refractivity contribution is 7.93. The molecule has 0 saturated carbocycles. The summed E-state index contributed by atoms with van der Waals surface area (Å²) in [5, 5.41) is 15.8. The number of carboxylic acids is 1. The molecular weight excluding hydrogens is 282 g/mol. The number of anilines is 1. The summed E-state index contributed by atoms with van der Waals surface area (Å²) >= 11 is 0. The highest BCUT2D eigenvalue weighted by Crippen LogP contribution is 2.22. The molecule has 1 aromatic carbocycles. The number of carbonyl (C=O) groups is 1. The number of nitrogens with one attached hydrogen (secondary N) is 1. The van der Waals surface area contributed by atoms with E-state index in [1.807, 2.05) is 0 Å². The first kappa shape index (κ1) is 14.8. The standard InChI is InChI=1S/C10H8F2N2O4S/c1-5(4-13)19(17,18)14-9-3-8(12)7(11)2-6(9)10(15)16/h2-3,5,14H,1H3,(H,15,16). The molecule has 0 aliphatic rings. The van der Waals surface area contributed by atoms with E-state index in [2.05, 4.69) is 0 Å². The van der Waals surface area contributed by atoms with Crippen LogP contribution in [0.2, 0.25) is 0 Å². The van der Waals surface area contributed by atoms with Gasteiger partial charge in [-0.25, -0.2) is 22.0 Å². The van der Waals surface area contributed by atoms with Crippen molar-refractivity contribution in [2.45, 2.75) is 12.2 Å². The molecule has 1 aromatic rings. The van der Waals surface area contributed by atoms with Crippen molar-refractivity contribution in [3.63, 3.8) is 0 Å². The SMILES string of the molecule is CC(C#N)S(=O)(=O)Nc1cc(F)c(F)cc1C(=O)O. The minimum Gasteiger partial charge on any atom is -0.478 e. The molecule has 0 bridgehead atoms. The Bertz CT molecular complexity index is 667. The van der Waals surface area contributed by atoms with Crippen molar-refractivity contribution >= 4 is 21.7 Å². The van der Waals surface area contributed by atoms with Gasteiger partial charge in [-0.05, 0) is 13.0 Å². The Kier molecular flexibility index (Phi) is 4.06. The Morgan fingerprint density at radius 1 is 1.42 bits per heavy atom. The number of hydrogen-bond acceptors (Lipinski definition) is 4. The molecule has 6 nitrogen and oxygen atoms in total. The molecule has 0 spiro atoms. The van der Waals surface area contributed by atoms with Gasteiger partial charge in [0.25, 0.3) is 0 Å². The fourth-order valence-corrected chi connectivity index (χ4v) is 1.91. The van der Waals surface area contributed by atoms with Crippen LogP contribution in [0.5, 0.6) is 0 Å². The monoisotopic (exact) mass is 290 g/mol. The highest BCUT2D eigenvalue weighted by Gasteiger charge is 2.24. The van der Waals surface area contributed by atoms with Gasteiger partial charge in [-0.1, -0.05) is 0 Å². The van der Waals surface area contributed by atoms with Crippen LogP contribution < -0.4 is 4.72 Å².